The van der Waals surface area contributed by atoms with Gasteiger partial charge in [-0.05, 0) is 0 Å². The molecule has 0 unspecified atom stereocenters. The Labute approximate surface area is 96.5 Å². The number of Topliss-reactive ketones (excluding diaryl/α,β-unsaturated/α-hetero) is 1. The van der Waals surface area contributed by atoms with E-state index in [4.69, 9.17) is 25.5 Å². The number of carbonyl (C=O) groups excluding carboxylic acids is 1. The summed E-state index contributed by atoms with van der Waals surface area (Å²) >= 11 is -0.611. The minimum absolute atomic E-state index is 0.611. The maximum atomic E-state index is 10.5. The molecule has 16 heavy (non-hydrogen) atoms. The van der Waals surface area contributed by atoms with Crippen LogP contribution in [0.2, 0.25) is 0 Å². The van der Waals surface area contributed by atoms with Crippen molar-refractivity contribution in [3.63, 3.8) is 0 Å². The van der Waals surface area contributed by atoms with Crippen LogP contribution in [0.3, 0.4) is 0 Å². The van der Waals surface area contributed by atoms with Crippen molar-refractivity contribution in [2.45, 2.75) is 18.3 Å². The second-order valence-corrected chi connectivity index (χ2v) is 4.53. The van der Waals surface area contributed by atoms with E-state index in [-0.39, 0.29) is 0 Å². The SMILES string of the molecule is C[S+](C)[O-].O=C(CO)[C@H](O)[C@H](O)[C@H](O)CO. The van der Waals surface area contributed by atoms with Crippen molar-refractivity contribution in [2.24, 2.45) is 0 Å². The molecule has 0 spiro atoms. The van der Waals surface area contributed by atoms with Gasteiger partial charge < -0.3 is 30.1 Å². The van der Waals surface area contributed by atoms with E-state index < -0.39 is 48.5 Å². The second-order valence-electron chi connectivity index (χ2n) is 3.05. The van der Waals surface area contributed by atoms with Gasteiger partial charge in [0.05, 0.1) is 19.1 Å². The van der Waals surface area contributed by atoms with Crippen molar-refractivity contribution in [2.75, 3.05) is 25.7 Å². The highest BCUT2D eigenvalue weighted by Crippen LogP contribution is 2.00. The second kappa shape index (κ2) is 9.97. The zero-order valence-electron chi connectivity index (χ0n) is 9.11. The molecule has 0 radical (unpaired) electrons. The summed E-state index contributed by atoms with van der Waals surface area (Å²) in [5, 5.41) is 43.1. The molecule has 0 rings (SSSR count). The fraction of sp³-hybridized carbons (Fsp3) is 0.875. The van der Waals surface area contributed by atoms with Gasteiger partial charge >= 0.3 is 0 Å². The van der Waals surface area contributed by atoms with E-state index in [1.807, 2.05) is 0 Å². The van der Waals surface area contributed by atoms with Crippen LogP contribution in [-0.2, 0) is 16.0 Å². The van der Waals surface area contributed by atoms with Gasteiger partial charge in [0.1, 0.15) is 24.9 Å². The predicted molar refractivity (Wildman–Crippen MR) is 57.2 cm³/mol. The van der Waals surface area contributed by atoms with Gasteiger partial charge in [-0.2, -0.15) is 0 Å². The third-order valence-electron chi connectivity index (χ3n) is 1.39. The molecule has 0 aliphatic carbocycles. The molecule has 0 heterocycles. The van der Waals surface area contributed by atoms with Crippen molar-refractivity contribution in [1.82, 2.24) is 0 Å². The smallest absolute Gasteiger partial charge is 0.189 e. The Morgan fingerprint density at radius 3 is 1.88 bits per heavy atom. The fourth-order valence-electron chi connectivity index (χ4n) is 0.602. The van der Waals surface area contributed by atoms with Crippen LogP contribution in [0.5, 0.6) is 0 Å². The quantitative estimate of drug-likeness (QED) is 0.324. The van der Waals surface area contributed by atoms with Crippen molar-refractivity contribution < 1.29 is 34.9 Å². The Kier molecular flexibility index (Phi) is 11.3. The third-order valence-corrected chi connectivity index (χ3v) is 1.39. The van der Waals surface area contributed by atoms with Gasteiger partial charge in [0.15, 0.2) is 5.78 Å². The summed E-state index contributed by atoms with van der Waals surface area (Å²) in [6.45, 7) is -1.69. The summed E-state index contributed by atoms with van der Waals surface area (Å²) in [6.07, 6.45) is -1.94. The lowest BCUT2D eigenvalue weighted by atomic mass is 10.1. The van der Waals surface area contributed by atoms with Crippen LogP contribution in [0.4, 0.5) is 0 Å². The molecule has 0 saturated carbocycles. The molecule has 0 saturated heterocycles. The summed E-state index contributed by atoms with van der Waals surface area (Å²) in [4.78, 5) is 10.5. The lowest BCUT2D eigenvalue weighted by Gasteiger charge is -2.19. The number of rotatable bonds is 5. The first-order chi connectivity index (χ1) is 7.27. The largest absolute Gasteiger partial charge is 0.617 e. The third kappa shape index (κ3) is 9.04. The van der Waals surface area contributed by atoms with E-state index in [9.17, 15) is 9.35 Å². The van der Waals surface area contributed by atoms with E-state index in [2.05, 4.69) is 0 Å². The Bertz CT molecular complexity index is 184. The predicted octanol–water partition coefficient (Wildman–Crippen LogP) is -3.38. The number of carbonyl (C=O) groups is 1. The highest BCUT2D eigenvalue weighted by Gasteiger charge is 2.28. The van der Waals surface area contributed by atoms with E-state index in [1.165, 1.54) is 0 Å². The summed E-state index contributed by atoms with van der Waals surface area (Å²) in [7, 11) is 0. The van der Waals surface area contributed by atoms with Crippen LogP contribution in [0, 0.1) is 0 Å². The lowest BCUT2D eigenvalue weighted by Crippen LogP contribution is -2.44. The van der Waals surface area contributed by atoms with Gasteiger partial charge in [0.25, 0.3) is 0 Å². The molecule has 0 amide bonds. The van der Waals surface area contributed by atoms with Gasteiger partial charge in [0, 0.05) is 0 Å². The molecule has 98 valence electrons. The molecule has 0 bridgehead atoms. The summed E-state index contributed by atoms with van der Waals surface area (Å²) in [5.74, 6) is -1.00. The fourth-order valence-corrected chi connectivity index (χ4v) is 0.602. The standard InChI is InChI=1S/C6H12O6.C2H6OS/c7-1-3(9)5(11)6(12)4(10)2-8;1-4(2)3/h3,5-9,11-12H,1-2H2;1-2H3/t3-,5-,6+;/m1./s1. The topological polar surface area (TPSA) is 141 Å². The minimum Gasteiger partial charge on any atom is -0.617 e. The highest BCUT2D eigenvalue weighted by molar-refractivity contribution is 7.89. The zero-order chi connectivity index (χ0) is 13.3. The van der Waals surface area contributed by atoms with Crippen LogP contribution in [0.1, 0.15) is 0 Å². The van der Waals surface area contributed by atoms with Crippen LogP contribution in [-0.4, -0.2) is 79.9 Å². The van der Waals surface area contributed by atoms with Crippen molar-refractivity contribution in [3.05, 3.63) is 0 Å². The number of hydrogen-bond acceptors (Lipinski definition) is 7. The van der Waals surface area contributed by atoms with Gasteiger partial charge in [0.2, 0.25) is 0 Å². The van der Waals surface area contributed by atoms with E-state index in [1.54, 1.807) is 12.5 Å². The summed E-state index contributed by atoms with van der Waals surface area (Å²) < 4.78 is 9.56. The number of ketones is 1. The van der Waals surface area contributed by atoms with E-state index >= 15 is 0 Å². The molecule has 0 aromatic carbocycles. The molecule has 3 atom stereocenters. The molecule has 0 aromatic rings. The first kappa shape index (κ1) is 18.2. The Hall–Kier alpha value is -0.220. The van der Waals surface area contributed by atoms with Crippen LogP contribution < -0.4 is 0 Å². The van der Waals surface area contributed by atoms with Gasteiger partial charge in [-0.1, -0.05) is 11.2 Å². The van der Waals surface area contributed by atoms with Crippen LogP contribution in [0.15, 0.2) is 0 Å². The van der Waals surface area contributed by atoms with Gasteiger partial charge in [-0.15, -0.1) is 0 Å². The Balaban J connectivity index is 0. The van der Waals surface area contributed by atoms with Crippen molar-refractivity contribution in [3.8, 4) is 0 Å². The zero-order valence-corrected chi connectivity index (χ0v) is 9.92. The Morgan fingerprint density at radius 2 is 1.62 bits per heavy atom. The maximum Gasteiger partial charge on any atom is 0.189 e. The normalized spacial score (nSPS) is 16.1. The van der Waals surface area contributed by atoms with Gasteiger partial charge in [-0.25, -0.2) is 0 Å². The van der Waals surface area contributed by atoms with Crippen LogP contribution >= 0.6 is 0 Å². The number of hydrogen-bond donors (Lipinski definition) is 5. The monoisotopic (exact) mass is 258 g/mol. The maximum absolute atomic E-state index is 10.5. The molecule has 5 N–H and O–H groups in total. The molecule has 7 nitrogen and oxygen atoms in total. The highest BCUT2D eigenvalue weighted by atomic mass is 32.2. The van der Waals surface area contributed by atoms with Gasteiger partial charge in [-0.3, -0.25) is 4.79 Å². The molecule has 0 aliphatic rings. The van der Waals surface area contributed by atoms with Crippen molar-refractivity contribution in [1.29, 1.82) is 0 Å². The lowest BCUT2D eigenvalue weighted by molar-refractivity contribution is -0.142. The average Bonchev–Trinajstić information content (AvgIpc) is 2.24. The molecular formula is C8H18O7S. The summed E-state index contributed by atoms with van der Waals surface area (Å²) in [5.41, 5.74) is 0. The molecule has 8 heteroatoms. The molecular weight excluding hydrogens is 240 g/mol. The number of aliphatic hydroxyl groups is 5. The van der Waals surface area contributed by atoms with Crippen molar-refractivity contribution >= 4 is 17.0 Å². The molecule has 0 aromatic heterocycles. The van der Waals surface area contributed by atoms with Crippen LogP contribution in [0.25, 0.3) is 0 Å². The number of aliphatic hydroxyl groups excluding tert-OH is 5. The molecule has 0 aliphatic heterocycles. The first-order valence-corrected chi connectivity index (χ1v) is 6.28. The Morgan fingerprint density at radius 1 is 1.25 bits per heavy atom. The first-order valence-electron chi connectivity index (χ1n) is 4.31. The average molecular weight is 258 g/mol. The van der Waals surface area contributed by atoms with E-state index in [0.29, 0.717) is 0 Å². The van der Waals surface area contributed by atoms with E-state index in [0.717, 1.165) is 0 Å². The summed E-state index contributed by atoms with van der Waals surface area (Å²) in [6, 6.07) is 0. The molecule has 0 fully saturated rings. The minimum atomic E-state index is -1.86.